The first kappa shape index (κ1) is 16.7. The summed E-state index contributed by atoms with van der Waals surface area (Å²) in [5.74, 6) is -3.53. The van der Waals surface area contributed by atoms with E-state index >= 15 is 0 Å². The fraction of sp³-hybridized carbons (Fsp3) is 0.938. The highest BCUT2D eigenvalue weighted by molar-refractivity contribution is 5.78. The van der Waals surface area contributed by atoms with Gasteiger partial charge in [-0.15, -0.1) is 0 Å². The molecule has 3 nitrogen and oxygen atoms in total. The van der Waals surface area contributed by atoms with E-state index in [9.17, 15) is 18.7 Å². The molecular formula is C16H27F2NO2. The smallest absolute Gasteiger partial charge is 0.248 e. The van der Waals surface area contributed by atoms with E-state index in [0.29, 0.717) is 25.7 Å². The maximum absolute atomic E-state index is 13.4. The first-order valence-corrected chi connectivity index (χ1v) is 8.17. The number of carbonyl (C=O) groups excluding carboxylic acids is 1. The summed E-state index contributed by atoms with van der Waals surface area (Å²) in [6.45, 7) is 0.272. The maximum Gasteiger partial charge on any atom is 0.248 e. The first-order chi connectivity index (χ1) is 9.81. The zero-order chi connectivity index (χ0) is 15.5. The molecule has 1 amide bonds. The molecule has 0 radical (unpaired) electrons. The standard InChI is InChI=1S/C16H27F2NO2/c1-19(12-15(21)8-4-2-3-5-9-15)14(20)13-7-6-10-16(17,18)11-13/h13,21H,2-12H2,1H3. The summed E-state index contributed by atoms with van der Waals surface area (Å²) in [7, 11) is 1.64. The Balaban J connectivity index is 1.92. The number of carbonyl (C=O) groups is 1. The number of rotatable bonds is 3. The van der Waals surface area contributed by atoms with Gasteiger partial charge in [-0.25, -0.2) is 8.78 Å². The van der Waals surface area contributed by atoms with Crippen molar-refractivity contribution >= 4 is 5.91 Å². The van der Waals surface area contributed by atoms with Crippen molar-refractivity contribution in [2.45, 2.75) is 75.7 Å². The van der Waals surface area contributed by atoms with Gasteiger partial charge in [-0.1, -0.05) is 25.7 Å². The van der Waals surface area contributed by atoms with Crippen molar-refractivity contribution in [3.05, 3.63) is 0 Å². The fourth-order valence-corrected chi connectivity index (χ4v) is 3.76. The molecule has 2 saturated carbocycles. The molecule has 21 heavy (non-hydrogen) atoms. The van der Waals surface area contributed by atoms with Gasteiger partial charge in [0, 0.05) is 32.4 Å². The molecule has 0 aliphatic heterocycles. The molecular weight excluding hydrogens is 276 g/mol. The van der Waals surface area contributed by atoms with E-state index < -0.39 is 17.4 Å². The summed E-state index contributed by atoms with van der Waals surface area (Å²) < 4.78 is 26.9. The Morgan fingerprint density at radius 3 is 2.33 bits per heavy atom. The third kappa shape index (κ3) is 4.63. The number of hydrogen-bond acceptors (Lipinski definition) is 2. The molecule has 0 aromatic rings. The van der Waals surface area contributed by atoms with E-state index in [-0.39, 0.29) is 25.3 Å². The number of amides is 1. The Kier molecular flexibility index (Phi) is 5.23. The van der Waals surface area contributed by atoms with Gasteiger partial charge in [0.05, 0.1) is 5.60 Å². The van der Waals surface area contributed by atoms with Crippen molar-refractivity contribution in [3.63, 3.8) is 0 Å². The molecule has 2 aliphatic rings. The van der Waals surface area contributed by atoms with E-state index in [1.807, 2.05) is 0 Å². The molecule has 2 fully saturated rings. The summed E-state index contributed by atoms with van der Waals surface area (Å²) in [5, 5.41) is 10.6. The number of hydrogen-bond donors (Lipinski definition) is 1. The first-order valence-electron chi connectivity index (χ1n) is 8.17. The normalized spacial score (nSPS) is 28.7. The van der Waals surface area contributed by atoms with Gasteiger partial charge >= 0.3 is 0 Å². The summed E-state index contributed by atoms with van der Waals surface area (Å²) in [4.78, 5) is 13.9. The lowest BCUT2D eigenvalue weighted by Crippen LogP contribution is -2.46. The van der Waals surface area contributed by atoms with E-state index in [0.717, 1.165) is 25.7 Å². The van der Waals surface area contributed by atoms with Crippen LogP contribution in [0.2, 0.25) is 0 Å². The van der Waals surface area contributed by atoms with Crippen LogP contribution in [0.5, 0.6) is 0 Å². The lowest BCUT2D eigenvalue weighted by molar-refractivity contribution is -0.144. The Morgan fingerprint density at radius 2 is 1.76 bits per heavy atom. The minimum absolute atomic E-state index is 0.107. The number of nitrogens with zero attached hydrogens (tertiary/aromatic N) is 1. The van der Waals surface area contributed by atoms with Crippen LogP contribution in [0.4, 0.5) is 8.78 Å². The van der Waals surface area contributed by atoms with Crippen LogP contribution in [-0.2, 0) is 4.79 Å². The Morgan fingerprint density at radius 1 is 1.14 bits per heavy atom. The molecule has 122 valence electrons. The van der Waals surface area contributed by atoms with Crippen LogP contribution in [0, 0.1) is 5.92 Å². The Bertz CT molecular complexity index is 365. The van der Waals surface area contributed by atoms with Crippen LogP contribution >= 0.6 is 0 Å². The molecule has 1 atom stereocenters. The molecule has 0 bridgehead atoms. The zero-order valence-corrected chi connectivity index (χ0v) is 12.9. The molecule has 0 saturated heterocycles. The fourth-order valence-electron chi connectivity index (χ4n) is 3.76. The molecule has 0 aromatic heterocycles. The summed E-state index contributed by atoms with van der Waals surface area (Å²) in [6, 6.07) is 0. The summed E-state index contributed by atoms with van der Waals surface area (Å²) in [6.07, 6.45) is 6.08. The average molecular weight is 303 g/mol. The molecule has 1 unspecified atom stereocenters. The highest BCUT2D eigenvalue weighted by Crippen LogP contribution is 2.37. The van der Waals surface area contributed by atoms with Gasteiger partial charge in [0.1, 0.15) is 0 Å². The number of halogens is 2. The van der Waals surface area contributed by atoms with Crippen LogP contribution in [0.3, 0.4) is 0 Å². The third-order valence-electron chi connectivity index (χ3n) is 4.93. The predicted octanol–water partition coefficient (Wildman–Crippen LogP) is 3.36. The SMILES string of the molecule is CN(CC1(O)CCCCCC1)C(=O)C1CCCC(F)(F)C1. The number of likely N-dealkylation sites (N-methyl/N-ethyl adjacent to an activating group) is 1. The van der Waals surface area contributed by atoms with Crippen LogP contribution in [0.25, 0.3) is 0 Å². The van der Waals surface area contributed by atoms with Crippen molar-refractivity contribution in [1.82, 2.24) is 4.90 Å². The summed E-state index contributed by atoms with van der Waals surface area (Å²) in [5.41, 5.74) is -0.835. The largest absolute Gasteiger partial charge is 0.388 e. The third-order valence-corrected chi connectivity index (χ3v) is 4.93. The molecule has 2 aliphatic carbocycles. The summed E-state index contributed by atoms with van der Waals surface area (Å²) >= 11 is 0. The maximum atomic E-state index is 13.4. The molecule has 0 aromatic carbocycles. The van der Waals surface area contributed by atoms with Crippen LogP contribution in [0.1, 0.15) is 64.2 Å². The van der Waals surface area contributed by atoms with Gasteiger partial charge in [0.25, 0.3) is 0 Å². The quantitative estimate of drug-likeness (QED) is 0.812. The van der Waals surface area contributed by atoms with E-state index in [4.69, 9.17) is 0 Å². The molecule has 5 heteroatoms. The van der Waals surface area contributed by atoms with Crippen molar-refractivity contribution in [2.75, 3.05) is 13.6 Å². The van der Waals surface area contributed by atoms with E-state index in [2.05, 4.69) is 0 Å². The van der Waals surface area contributed by atoms with Gasteiger partial charge in [-0.3, -0.25) is 4.79 Å². The van der Waals surface area contributed by atoms with Gasteiger partial charge in [0.15, 0.2) is 0 Å². The van der Waals surface area contributed by atoms with Crippen molar-refractivity contribution in [3.8, 4) is 0 Å². The lowest BCUT2D eigenvalue weighted by Gasteiger charge is -2.35. The minimum Gasteiger partial charge on any atom is -0.388 e. The second kappa shape index (κ2) is 6.59. The van der Waals surface area contributed by atoms with Gasteiger partial charge in [-0.05, 0) is 25.7 Å². The van der Waals surface area contributed by atoms with Crippen molar-refractivity contribution < 1.29 is 18.7 Å². The minimum atomic E-state index is -2.71. The van der Waals surface area contributed by atoms with Crippen LogP contribution in [0.15, 0.2) is 0 Å². The van der Waals surface area contributed by atoms with Crippen LogP contribution < -0.4 is 0 Å². The molecule has 0 heterocycles. The molecule has 2 rings (SSSR count). The second-order valence-corrected chi connectivity index (χ2v) is 6.98. The Hall–Kier alpha value is -0.710. The second-order valence-electron chi connectivity index (χ2n) is 6.98. The van der Waals surface area contributed by atoms with Gasteiger partial charge in [-0.2, -0.15) is 0 Å². The highest BCUT2D eigenvalue weighted by atomic mass is 19.3. The van der Waals surface area contributed by atoms with Gasteiger partial charge in [0.2, 0.25) is 11.8 Å². The van der Waals surface area contributed by atoms with Gasteiger partial charge < -0.3 is 10.0 Å². The monoisotopic (exact) mass is 303 g/mol. The van der Waals surface area contributed by atoms with E-state index in [1.54, 1.807) is 7.05 Å². The molecule has 0 spiro atoms. The zero-order valence-electron chi connectivity index (χ0n) is 12.9. The van der Waals surface area contributed by atoms with Crippen molar-refractivity contribution in [1.29, 1.82) is 0 Å². The number of alkyl halides is 2. The lowest BCUT2D eigenvalue weighted by atomic mass is 9.85. The Labute approximate surface area is 125 Å². The average Bonchev–Trinajstić information content (AvgIpc) is 2.61. The van der Waals surface area contributed by atoms with E-state index in [1.165, 1.54) is 4.90 Å². The van der Waals surface area contributed by atoms with Crippen molar-refractivity contribution in [2.24, 2.45) is 5.92 Å². The highest BCUT2D eigenvalue weighted by Gasteiger charge is 2.41. The van der Waals surface area contributed by atoms with Crippen LogP contribution in [-0.4, -0.2) is 41.0 Å². The molecule has 1 N–H and O–H groups in total. The number of aliphatic hydroxyl groups is 1. The predicted molar refractivity (Wildman–Crippen MR) is 77.2 cm³/mol. The topological polar surface area (TPSA) is 40.5 Å².